The molecule has 0 aromatic heterocycles. The predicted molar refractivity (Wildman–Crippen MR) is 97.4 cm³/mol. The first-order chi connectivity index (χ1) is 12.8. The molecule has 1 N–H and O–H groups in total. The number of alkyl halides is 3. The number of nitrogens with one attached hydrogen (secondary N) is 1. The number of hydrogen-bond acceptors (Lipinski definition) is 4. The minimum atomic E-state index is -4.71. The minimum Gasteiger partial charge on any atom is -0.406 e. The van der Waals surface area contributed by atoms with Crippen LogP contribution in [-0.2, 0) is 0 Å². The maximum atomic E-state index is 12.7. The molecule has 0 bridgehead atoms. The largest absolute Gasteiger partial charge is 0.573 e. The summed E-state index contributed by atoms with van der Waals surface area (Å²) in [5.74, 6) is -0.102. The molecular formula is C20H21F3N2O2. The molecule has 2 aromatic carbocycles. The standard InChI is InChI=1S/C20H21F3N2O2/c1-25-11-9-14(10-12-25)19(26)15-3-2-4-17(13-15)24-16-5-7-18(8-6-16)27-20(21,22)23/h2-8,13-14,24H,9-12H2,1H3. The van der Waals surface area contributed by atoms with Crippen LogP contribution >= 0.6 is 0 Å². The Kier molecular flexibility index (Phi) is 5.70. The maximum absolute atomic E-state index is 12.7. The Bertz CT molecular complexity index is 783. The van der Waals surface area contributed by atoms with Crippen LogP contribution in [0.3, 0.4) is 0 Å². The highest BCUT2D eigenvalue weighted by molar-refractivity contribution is 5.98. The van der Waals surface area contributed by atoms with E-state index in [4.69, 9.17) is 0 Å². The fourth-order valence-electron chi connectivity index (χ4n) is 3.16. The first-order valence-corrected chi connectivity index (χ1v) is 8.76. The molecule has 1 fully saturated rings. The Labute approximate surface area is 155 Å². The number of rotatable bonds is 5. The van der Waals surface area contributed by atoms with Crippen LogP contribution in [-0.4, -0.2) is 37.2 Å². The molecule has 0 saturated carbocycles. The molecule has 0 spiro atoms. The van der Waals surface area contributed by atoms with Gasteiger partial charge in [0.25, 0.3) is 0 Å². The van der Waals surface area contributed by atoms with Crippen LogP contribution in [0, 0.1) is 5.92 Å². The summed E-state index contributed by atoms with van der Waals surface area (Å²) in [7, 11) is 2.05. The second-order valence-electron chi connectivity index (χ2n) is 6.72. The van der Waals surface area contributed by atoms with Gasteiger partial charge in [0.2, 0.25) is 0 Å². The van der Waals surface area contributed by atoms with Gasteiger partial charge in [-0.3, -0.25) is 4.79 Å². The molecule has 2 aromatic rings. The first kappa shape index (κ1) is 19.2. The topological polar surface area (TPSA) is 41.6 Å². The van der Waals surface area contributed by atoms with Crippen molar-refractivity contribution in [1.82, 2.24) is 4.90 Å². The number of hydrogen-bond donors (Lipinski definition) is 1. The third kappa shape index (κ3) is 5.47. The van der Waals surface area contributed by atoms with Gasteiger partial charge < -0.3 is 15.0 Å². The van der Waals surface area contributed by atoms with E-state index >= 15 is 0 Å². The summed E-state index contributed by atoms with van der Waals surface area (Å²) in [6.45, 7) is 1.83. The molecule has 0 amide bonds. The number of likely N-dealkylation sites (tertiary alicyclic amines) is 1. The van der Waals surface area contributed by atoms with Gasteiger partial charge in [-0.05, 0) is 69.4 Å². The second kappa shape index (κ2) is 8.00. The highest BCUT2D eigenvalue weighted by atomic mass is 19.4. The zero-order valence-electron chi connectivity index (χ0n) is 14.9. The normalized spacial score (nSPS) is 16.1. The summed E-state index contributed by atoms with van der Waals surface area (Å²) >= 11 is 0. The monoisotopic (exact) mass is 378 g/mol. The van der Waals surface area contributed by atoms with E-state index in [2.05, 4.69) is 22.0 Å². The summed E-state index contributed by atoms with van der Waals surface area (Å²) in [6.07, 6.45) is -3.00. The summed E-state index contributed by atoms with van der Waals surface area (Å²) in [6, 6.07) is 12.6. The number of ketones is 1. The number of anilines is 2. The Morgan fingerprint density at radius 3 is 2.37 bits per heavy atom. The number of halogens is 3. The lowest BCUT2D eigenvalue weighted by atomic mass is 9.89. The lowest BCUT2D eigenvalue weighted by Crippen LogP contribution is -2.33. The van der Waals surface area contributed by atoms with Crippen molar-refractivity contribution >= 4 is 17.2 Å². The number of piperidine rings is 1. The lowest BCUT2D eigenvalue weighted by molar-refractivity contribution is -0.274. The Morgan fingerprint density at radius 1 is 1.07 bits per heavy atom. The molecule has 3 rings (SSSR count). The van der Waals surface area contributed by atoms with Crippen molar-refractivity contribution in [2.45, 2.75) is 19.2 Å². The molecule has 1 saturated heterocycles. The number of ether oxygens (including phenoxy) is 1. The fraction of sp³-hybridized carbons (Fsp3) is 0.350. The summed E-state index contributed by atoms with van der Waals surface area (Å²) in [4.78, 5) is 14.9. The van der Waals surface area contributed by atoms with E-state index < -0.39 is 6.36 Å². The quantitative estimate of drug-likeness (QED) is 0.755. The van der Waals surface area contributed by atoms with Crippen molar-refractivity contribution in [3.63, 3.8) is 0 Å². The van der Waals surface area contributed by atoms with E-state index in [1.54, 1.807) is 18.2 Å². The van der Waals surface area contributed by atoms with E-state index in [1.165, 1.54) is 24.3 Å². The van der Waals surface area contributed by atoms with Gasteiger partial charge in [0.05, 0.1) is 0 Å². The van der Waals surface area contributed by atoms with Crippen molar-refractivity contribution in [3.05, 3.63) is 54.1 Å². The van der Waals surface area contributed by atoms with Gasteiger partial charge in [-0.15, -0.1) is 13.2 Å². The fourth-order valence-corrected chi connectivity index (χ4v) is 3.16. The first-order valence-electron chi connectivity index (χ1n) is 8.76. The number of Topliss-reactive ketones (excluding diaryl/α,β-unsaturated/α-hetero) is 1. The average molecular weight is 378 g/mol. The van der Waals surface area contributed by atoms with Gasteiger partial charge in [0.15, 0.2) is 5.78 Å². The van der Waals surface area contributed by atoms with Crippen molar-refractivity contribution in [1.29, 1.82) is 0 Å². The number of nitrogens with zero attached hydrogens (tertiary/aromatic N) is 1. The predicted octanol–water partition coefficient (Wildman–Crippen LogP) is 4.85. The third-order valence-corrected chi connectivity index (χ3v) is 4.61. The zero-order valence-corrected chi connectivity index (χ0v) is 14.9. The highest BCUT2D eigenvalue weighted by Gasteiger charge is 2.31. The number of benzene rings is 2. The van der Waals surface area contributed by atoms with Crippen LogP contribution in [0.1, 0.15) is 23.2 Å². The molecule has 144 valence electrons. The van der Waals surface area contributed by atoms with Crippen molar-refractivity contribution in [3.8, 4) is 5.75 Å². The number of carbonyl (C=O) groups excluding carboxylic acids is 1. The molecule has 0 aliphatic carbocycles. The van der Waals surface area contributed by atoms with Gasteiger partial charge in [-0.2, -0.15) is 0 Å². The van der Waals surface area contributed by atoms with Crippen LogP contribution < -0.4 is 10.1 Å². The summed E-state index contributed by atoms with van der Waals surface area (Å²) < 4.78 is 40.5. The molecule has 1 aliphatic rings. The third-order valence-electron chi connectivity index (χ3n) is 4.61. The molecule has 1 aliphatic heterocycles. The van der Waals surface area contributed by atoms with Crippen LogP contribution in [0.15, 0.2) is 48.5 Å². The van der Waals surface area contributed by atoms with Crippen LogP contribution in [0.25, 0.3) is 0 Å². The molecule has 0 radical (unpaired) electrons. The number of carbonyl (C=O) groups is 1. The molecular weight excluding hydrogens is 357 g/mol. The van der Waals surface area contributed by atoms with Gasteiger partial charge in [-0.25, -0.2) is 0 Å². The molecule has 0 atom stereocenters. The van der Waals surface area contributed by atoms with Gasteiger partial charge in [0, 0.05) is 22.9 Å². The van der Waals surface area contributed by atoms with Crippen LogP contribution in [0.2, 0.25) is 0 Å². The summed E-state index contributed by atoms with van der Waals surface area (Å²) in [5, 5.41) is 3.10. The van der Waals surface area contributed by atoms with E-state index in [-0.39, 0.29) is 17.5 Å². The van der Waals surface area contributed by atoms with E-state index in [9.17, 15) is 18.0 Å². The molecule has 0 unspecified atom stereocenters. The van der Waals surface area contributed by atoms with E-state index in [0.29, 0.717) is 16.9 Å². The SMILES string of the molecule is CN1CCC(C(=O)c2cccc(Nc3ccc(OC(F)(F)F)cc3)c2)CC1. The van der Waals surface area contributed by atoms with Gasteiger partial charge in [0.1, 0.15) is 5.75 Å². The Hall–Kier alpha value is -2.54. The van der Waals surface area contributed by atoms with E-state index in [0.717, 1.165) is 25.9 Å². The van der Waals surface area contributed by atoms with E-state index in [1.807, 2.05) is 6.07 Å². The van der Waals surface area contributed by atoms with Crippen LogP contribution in [0.4, 0.5) is 24.5 Å². The van der Waals surface area contributed by atoms with Gasteiger partial charge in [-0.1, -0.05) is 12.1 Å². The Balaban J connectivity index is 1.66. The summed E-state index contributed by atoms with van der Waals surface area (Å²) in [5.41, 5.74) is 1.96. The maximum Gasteiger partial charge on any atom is 0.573 e. The highest BCUT2D eigenvalue weighted by Crippen LogP contribution is 2.27. The molecule has 7 heteroatoms. The zero-order chi connectivity index (χ0) is 19.4. The molecule has 4 nitrogen and oxygen atoms in total. The lowest BCUT2D eigenvalue weighted by Gasteiger charge is -2.28. The van der Waals surface area contributed by atoms with Crippen molar-refractivity contribution in [2.75, 3.05) is 25.5 Å². The smallest absolute Gasteiger partial charge is 0.406 e. The average Bonchev–Trinajstić information content (AvgIpc) is 2.62. The molecule has 27 heavy (non-hydrogen) atoms. The minimum absolute atomic E-state index is 0.0373. The molecule has 1 heterocycles. The Morgan fingerprint density at radius 2 is 1.74 bits per heavy atom. The van der Waals surface area contributed by atoms with Gasteiger partial charge >= 0.3 is 6.36 Å². The van der Waals surface area contributed by atoms with Crippen LogP contribution in [0.5, 0.6) is 5.75 Å². The second-order valence-corrected chi connectivity index (χ2v) is 6.72. The van der Waals surface area contributed by atoms with Crippen molar-refractivity contribution < 1.29 is 22.7 Å². The van der Waals surface area contributed by atoms with Crippen molar-refractivity contribution in [2.24, 2.45) is 5.92 Å².